The average Bonchev–Trinajstić information content (AvgIpc) is 3.05. The van der Waals surface area contributed by atoms with Gasteiger partial charge in [-0.15, -0.1) is 0 Å². The highest BCUT2D eigenvalue weighted by molar-refractivity contribution is 6.09. The Morgan fingerprint density at radius 1 is 1.00 bits per heavy atom. The molecule has 4 nitrogen and oxygen atoms in total. The first-order chi connectivity index (χ1) is 8.92. The molecule has 0 saturated heterocycles. The second-order valence-electron chi connectivity index (χ2n) is 4.28. The summed E-state index contributed by atoms with van der Waals surface area (Å²) in [5, 5.41) is 2.26. The van der Waals surface area contributed by atoms with Crippen LogP contribution >= 0.6 is 0 Å². The third-order valence-corrected chi connectivity index (χ3v) is 3.17. The SMILES string of the molecule is c1ccc2c(c1)oc1ccc(C3=NCNN3)cc12. The molecule has 1 aromatic heterocycles. The van der Waals surface area contributed by atoms with Crippen LogP contribution in [0.1, 0.15) is 5.56 Å². The van der Waals surface area contributed by atoms with E-state index in [1.165, 1.54) is 0 Å². The lowest BCUT2D eigenvalue weighted by molar-refractivity contribution is 0.669. The van der Waals surface area contributed by atoms with Gasteiger partial charge in [-0.1, -0.05) is 18.2 Å². The van der Waals surface area contributed by atoms with Crippen LogP contribution in [0.25, 0.3) is 21.9 Å². The Morgan fingerprint density at radius 2 is 1.89 bits per heavy atom. The number of nitrogens with one attached hydrogen (secondary N) is 2. The zero-order chi connectivity index (χ0) is 11.9. The fourth-order valence-corrected chi connectivity index (χ4v) is 2.32. The first-order valence-electron chi connectivity index (χ1n) is 5.87. The molecule has 0 unspecified atom stereocenters. The number of rotatable bonds is 1. The number of hydrazine groups is 1. The van der Waals surface area contributed by atoms with Gasteiger partial charge in [0.2, 0.25) is 0 Å². The van der Waals surface area contributed by atoms with Crippen LogP contribution in [0, 0.1) is 0 Å². The minimum absolute atomic E-state index is 0.611. The molecule has 18 heavy (non-hydrogen) atoms. The van der Waals surface area contributed by atoms with E-state index in [2.05, 4.69) is 28.0 Å². The minimum Gasteiger partial charge on any atom is -0.456 e. The van der Waals surface area contributed by atoms with E-state index in [0.29, 0.717) is 6.67 Å². The normalized spacial score (nSPS) is 15.0. The summed E-state index contributed by atoms with van der Waals surface area (Å²) in [7, 11) is 0. The number of aliphatic imine (C=N–C) groups is 1. The van der Waals surface area contributed by atoms with Crippen LogP contribution in [0.2, 0.25) is 0 Å². The zero-order valence-corrected chi connectivity index (χ0v) is 9.60. The molecule has 0 aliphatic carbocycles. The molecule has 0 fully saturated rings. The van der Waals surface area contributed by atoms with E-state index in [1.54, 1.807) is 0 Å². The Labute approximate surface area is 103 Å². The molecule has 88 valence electrons. The average molecular weight is 237 g/mol. The maximum absolute atomic E-state index is 5.79. The molecule has 0 bridgehead atoms. The van der Waals surface area contributed by atoms with Gasteiger partial charge in [0, 0.05) is 16.3 Å². The van der Waals surface area contributed by atoms with Crippen molar-refractivity contribution in [2.24, 2.45) is 4.99 Å². The quantitative estimate of drug-likeness (QED) is 0.683. The molecule has 1 aliphatic rings. The minimum atomic E-state index is 0.611. The van der Waals surface area contributed by atoms with Crippen molar-refractivity contribution in [2.45, 2.75) is 0 Å². The molecule has 2 N–H and O–H groups in total. The molecule has 0 spiro atoms. The molecule has 0 atom stereocenters. The molecule has 0 amide bonds. The first-order valence-corrected chi connectivity index (χ1v) is 5.87. The summed E-state index contributed by atoms with van der Waals surface area (Å²) in [6, 6.07) is 14.2. The number of para-hydroxylation sites is 1. The molecule has 0 radical (unpaired) electrons. The largest absolute Gasteiger partial charge is 0.456 e. The first kappa shape index (κ1) is 9.67. The Kier molecular flexibility index (Phi) is 1.92. The Morgan fingerprint density at radius 3 is 2.78 bits per heavy atom. The zero-order valence-electron chi connectivity index (χ0n) is 9.60. The van der Waals surface area contributed by atoms with Crippen molar-refractivity contribution in [3.63, 3.8) is 0 Å². The Balaban J connectivity index is 2.00. The molecular formula is C14H11N3O. The number of benzene rings is 2. The van der Waals surface area contributed by atoms with Crippen molar-refractivity contribution in [1.82, 2.24) is 10.9 Å². The second-order valence-corrected chi connectivity index (χ2v) is 4.28. The van der Waals surface area contributed by atoms with Gasteiger partial charge < -0.3 is 9.84 Å². The molecule has 2 aromatic carbocycles. The number of fused-ring (bicyclic) bond motifs is 3. The predicted molar refractivity (Wildman–Crippen MR) is 71.4 cm³/mol. The van der Waals surface area contributed by atoms with Gasteiger partial charge in [0.25, 0.3) is 0 Å². The molecule has 2 heterocycles. The van der Waals surface area contributed by atoms with Crippen LogP contribution < -0.4 is 10.9 Å². The van der Waals surface area contributed by atoms with E-state index in [4.69, 9.17) is 4.42 Å². The third kappa shape index (κ3) is 1.33. The van der Waals surface area contributed by atoms with Crippen molar-refractivity contribution in [3.05, 3.63) is 48.0 Å². The van der Waals surface area contributed by atoms with Crippen LogP contribution in [-0.2, 0) is 0 Å². The van der Waals surface area contributed by atoms with Crippen LogP contribution in [0.4, 0.5) is 0 Å². The lowest BCUT2D eigenvalue weighted by Crippen LogP contribution is -2.30. The van der Waals surface area contributed by atoms with E-state index in [9.17, 15) is 0 Å². The maximum atomic E-state index is 5.79. The predicted octanol–water partition coefficient (Wildman–Crippen LogP) is 2.40. The van der Waals surface area contributed by atoms with Gasteiger partial charge in [0.1, 0.15) is 23.7 Å². The second kappa shape index (κ2) is 3.58. The van der Waals surface area contributed by atoms with E-state index in [-0.39, 0.29) is 0 Å². The lowest BCUT2D eigenvalue weighted by Gasteiger charge is -2.01. The van der Waals surface area contributed by atoms with Gasteiger partial charge in [-0.05, 0) is 24.3 Å². The fraction of sp³-hybridized carbons (Fsp3) is 0.0714. The topological polar surface area (TPSA) is 49.6 Å². The Hall–Kier alpha value is -2.33. The molecule has 4 heteroatoms. The van der Waals surface area contributed by atoms with Gasteiger partial charge >= 0.3 is 0 Å². The van der Waals surface area contributed by atoms with Crippen LogP contribution in [0.15, 0.2) is 51.9 Å². The number of amidine groups is 1. The molecule has 3 aromatic rings. The third-order valence-electron chi connectivity index (χ3n) is 3.17. The maximum Gasteiger partial charge on any atom is 0.144 e. The van der Waals surface area contributed by atoms with Gasteiger partial charge in [0.05, 0.1) is 0 Å². The van der Waals surface area contributed by atoms with Crippen molar-refractivity contribution >= 4 is 27.8 Å². The van der Waals surface area contributed by atoms with Crippen molar-refractivity contribution in [2.75, 3.05) is 6.67 Å². The summed E-state index contributed by atoms with van der Waals surface area (Å²) in [6.07, 6.45) is 0. The van der Waals surface area contributed by atoms with Gasteiger partial charge in [-0.2, -0.15) is 0 Å². The van der Waals surface area contributed by atoms with Crippen LogP contribution in [0.3, 0.4) is 0 Å². The highest BCUT2D eigenvalue weighted by Gasteiger charge is 2.11. The molecular weight excluding hydrogens is 226 g/mol. The Bertz CT molecular complexity index is 773. The highest BCUT2D eigenvalue weighted by Crippen LogP contribution is 2.29. The molecule has 0 saturated carbocycles. The van der Waals surface area contributed by atoms with Crippen molar-refractivity contribution in [3.8, 4) is 0 Å². The summed E-state index contributed by atoms with van der Waals surface area (Å²) in [5.74, 6) is 0.877. The molecule has 1 aliphatic heterocycles. The van der Waals surface area contributed by atoms with E-state index >= 15 is 0 Å². The van der Waals surface area contributed by atoms with E-state index < -0.39 is 0 Å². The summed E-state index contributed by atoms with van der Waals surface area (Å²) >= 11 is 0. The molecule has 4 rings (SSSR count). The monoisotopic (exact) mass is 237 g/mol. The summed E-state index contributed by atoms with van der Waals surface area (Å²) in [6.45, 7) is 0.611. The number of hydrogen-bond donors (Lipinski definition) is 2. The summed E-state index contributed by atoms with van der Waals surface area (Å²) in [5.41, 5.74) is 8.92. The van der Waals surface area contributed by atoms with Crippen molar-refractivity contribution < 1.29 is 4.42 Å². The summed E-state index contributed by atoms with van der Waals surface area (Å²) < 4.78 is 5.79. The number of nitrogens with zero attached hydrogens (tertiary/aromatic N) is 1. The number of hydrogen-bond acceptors (Lipinski definition) is 4. The smallest absolute Gasteiger partial charge is 0.144 e. The van der Waals surface area contributed by atoms with Gasteiger partial charge in [-0.25, -0.2) is 10.4 Å². The van der Waals surface area contributed by atoms with Crippen LogP contribution in [-0.4, -0.2) is 12.5 Å². The van der Waals surface area contributed by atoms with E-state index in [0.717, 1.165) is 33.3 Å². The lowest BCUT2D eigenvalue weighted by atomic mass is 10.1. The van der Waals surface area contributed by atoms with E-state index in [1.807, 2.05) is 30.3 Å². The van der Waals surface area contributed by atoms with Crippen LogP contribution in [0.5, 0.6) is 0 Å². The van der Waals surface area contributed by atoms with Crippen molar-refractivity contribution in [1.29, 1.82) is 0 Å². The highest BCUT2D eigenvalue weighted by atomic mass is 16.3. The van der Waals surface area contributed by atoms with Gasteiger partial charge in [-0.3, -0.25) is 0 Å². The van der Waals surface area contributed by atoms with Gasteiger partial charge in [0.15, 0.2) is 0 Å². The standard InChI is InChI=1S/C14H11N3O/c1-2-4-12-10(3-1)11-7-9(5-6-13(11)18-12)14-15-8-16-17-14/h1-7,16H,8H2,(H,15,17). The fourth-order valence-electron chi connectivity index (χ4n) is 2.32. The number of furan rings is 1. The summed E-state index contributed by atoms with van der Waals surface area (Å²) in [4.78, 5) is 4.34.